The lowest BCUT2D eigenvalue weighted by Crippen LogP contribution is -2.20. The lowest BCUT2D eigenvalue weighted by molar-refractivity contribution is -0.118. The Kier molecular flexibility index (Phi) is 6.76. The summed E-state index contributed by atoms with van der Waals surface area (Å²) >= 11 is 0. The van der Waals surface area contributed by atoms with Crippen LogP contribution in [0.4, 0.5) is 15.8 Å². The van der Waals surface area contributed by atoms with Crippen molar-refractivity contribution in [1.82, 2.24) is 0 Å². The van der Waals surface area contributed by atoms with Gasteiger partial charge in [-0.15, -0.1) is 0 Å². The molecule has 3 aromatic rings. The molecule has 0 atom stereocenters. The molecular weight excluding hydrogens is 423 g/mol. The number of ether oxygens (including phenoxy) is 2. The largest absolute Gasteiger partial charge is 0.497 e. The van der Waals surface area contributed by atoms with Crippen LogP contribution in [0.25, 0.3) is 0 Å². The van der Waals surface area contributed by atoms with Crippen LogP contribution in [0.15, 0.2) is 71.6 Å². The van der Waals surface area contributed by atoms with Crippen LogP contribution in [0.3, 0.4) is 0 Å². The van der Waals surface area contributed by atoms with Crippen molar-refractivity contribution in [2.45, 2.75) is 11.8 Å². The van der Waals surface area contributed by atoms with E-state index in [9.17, 15) is 17.6 Å². The van der Waals surface area contributed by atoms with E-state index in [1.807, 2.05) is 0 Å². The van der Waals surface area contributed by atoms with E-state index in [1.54, 1.807) is 37.3 Å². The molecule has 0 bridgehead atoms. The molecule has 3 rings (SSSR count). The van der Waals surface area contributed by atoms with E-state index < -0.39 is 21.7 Å². The molecule has 0 aliphatic carbocycles. The number of benzene rings is 3. The maximum atomic E-state index is 13.3. The maximum absolute atomic E-state index is 13.3. The normalized spacial score (nSPS) is 10.9. The molecule has 0 spiro atoms. The van der Waals surface area contributed by atoms with Crippen LogP contribution >= 0.6 is 0 Å². The second kappa shape index (κ2) is 9.48. The highest BCUT2D eigenvalue weighted by Crippen LogP contribution is 2.22. The summed E-state index contributed by atoms with van der Waals surface area (Å²) in [6.45, 7) is 1.43. The zero-order chi connectivity index (χ0) is 22.4. The molecule has 2 N–H and O–H groups in total. The van der Waals surface area contributed by atoms with Crippen LogP contribution in [0.1, 0.15) is 5.56 Å². The minimum Gasteiger partial charge on any atom is -0.497 e. The van der Waals surface area contributed by atoms with Crippen molar-refractivity contribution in [2.75, 3.05) is 23.8 Å². The van der Waals surface area contributed by atoms with Gasteiger partial charge in [-0.05, 0) is 61.0 Å². The standard InChI is InChI=1S/C22H21FN2O5S/c1-15-6-7-16(23)12-21(15)24-22(26)14-30-18-8-10-20(11-9-18)31(27,28)25-17-4-3-5-19(13-17)29-2/h3-13,25H,14H2,1-2H3,(H,24,26). The zero-order valence-electron chi connectivity index (χ0n) is 16.9. The number of halogens is 1. The number of carbonyl (C=O) groups is 1. The monoisotopic (exact) mass is 444 g/mol. The Hall–Kier alpha value is -3.59. The van der Waals surface area contributed by atoms with Crippen molar-refractivity contribution in [3.05, 3.63) is 78.1 Å². The molecule has 0 saturated heterocycles. The highest BCUT2D eigenvalue weighted by atomic mass is 32.2. The number of aryl methyl sites for hydroxylation is 1. The molecule has 0 aliphatic rings. The summed E-state index contributed by atoms with van der Waals surface area (Å²) < 4.78 is 51.4. The highest BCUT2D eigenvalue weighted by Gasteiger charge is 2.15. The summed E-state index contributed by atoms with van der Waals surface area (Å²) in [5.74, 6) is -0.0895. The molecule has 162 valence electrons. The average molecular weight is 444 g/mol. The van der Waals surface area contributed by atoms with Crippen LogP contribution in [0.5, 0.6) is 11.5 Å². The Morgan fingerprint density at radius 3 is 2.45 bits per heavy atom. The number of sulfonamides is 1. The molecule has 9 heteroatoms. The number of hydrogen-bond donors (Lipinski definition) is 2. The van der Waals surface area contributed by atoms with Gasteiger partial charge in [0, 0.05) is 11.8 Å². The van der Waals surface area contributed by atoms with E-state index in [-0.39, 0.29) is 11.5 Å². The topological polar surface area (TPSA) is 93.7 Å². The van der Waals surface area contributed by atoms with Crippen molar-refractivity contribution < 1.29 is 27.1 Å². The smallest absolute Gasteiger partial charge is 0.262 e. The molecular formula is C22H21FN2O5S. The highest BCUT2D eigenvalue weighted by molar-refractivity contribution is 7.92. The van der Waals surface area contributed by atoms with Crippen LogP contribution in [0.2, 0.25) is 0 Å². The number of nitrogens with one attached hydrogen (secondary N) is 2. The lowest BCUT2D eigenvalue weighted by Gasteiger charge is -2.11. The number of amides is 1. The van der Waals surface area contributed by atoms with E-state index >= 15 is 0 Å². The first-order valence-corrected chi connectivity index (χ1v) is 10.7. The number of methoxy groups -OCH3 is 1. The average Bonchev–Trinajstić information content (AvgIpc) is 2.75. The van der Waals surface area contributed by atoms with E-state index in [4.69, 9.17) is 9.47 Å². The SMILES string of the molecule is COc1cccc(NS(=O)(=O)c2ccc(OCC(=O)Nc3cc(F)ccc3C)cc2)c1. The molecule has 0 fully saturated rings. The number of anilines is 2. The summed E-state index contributed by atoms with van der Waals surface area (Å²) in [4.78, 5) is 12.1. The summed E-state index contributed by atoms with van der Waals surface area (Å²) in [5.41, 5.74) is 1.44. The van der Waals surface area contributed by atoms with Crippen LogP contribution in [-0.4, -0.2) is 28.0 Å². The second-order valence-corrected chi connectivity index (χ2v) is 8.29. The number of carbonyl (C=O) groups excluding carboxylic acids is 1. The first-order valence-electron chi connectivity index (χ1n) is 9.22. The predicted octanol–water partition coefficient (Wildman–Crippen LogP) is 3.96. The van der Waals surface area contributed by atoms with Gasteiger partial charge < -0.3 is 14.8 Å². The second-order valence-electron chi connectivity index (χ2n) is 6.60. The number of hydrogen-bond acceptors (Lipinski definition) is 5. The Labute approximate surface area is 179 Å². The van der Waals surface area contributed by atoms with E-state index in [0.29, 0.717) is 28.4 Å². The van der Waals surface area contributed by atoms with E-state index in [1.165, 1.54) is 43.5 Å². The predicted molar refractivity (Wildman–Crippen MR) is 116 cm³/mol. The molecule has 0 saturated carbocycles. The van der Waals surface area contributed by atoms with Gasteiger partial charge in [0.1, 0.15) is 17.3 Å². The van der Waals surface area contributed by atoms with Crippen molar-refractivity contribution >= 4 is 27.3 Å². The Bertz CT molecular complexity index is 1180. The molecule has 0 aromatic heterocycles. The minimum absolute atomic E-state index is 0.0301. The third-order valence-electron chi connectivity index (χ3n) is 4.30. The molecule has 1 amide bonds. The van der Waals surface area contributed by atoms with Gasteiger partial charge in [0.05, 0.1) is 17.7 Å². The molecule has 3 aromatic carbocycles. The first kappa shape index (κ1) is 22.1. The summed E-state index contributed by atoms with van der Waals surface area (Å²) in [6.07, 6.45) is 0. The van der Waals surface area contributed by atoms with Gasteiger partial charge in [0.25, 0.3) is 15.9 Å². The van der Waals surface area contributed by atoms with Gasteiger partial charge in [-0.1, -0.05) is 12.1 Å². The van der Waals surface area contributed by atoms with Gasteiger partial charge in [0.2, 0.25) is 0 Å². The Morgan fingerprint density at radius 2 is 1.74 bits per heavy atom. The molecule has 0 heterocycles. The van der Waals surface area contributed by atoms with Gasteiger partial charge in [-0.25, -0.2) is 12.8 Å². The third kappa shape index (κ3) is 5.95. The van der Waals surface area contributed by atoms with Gasteiger partial charge in [0.15, 0.2) is 6.61 Å². The van der Waals surface area contributed by atoms with Gasteiger partial charge >= 0.3 is 0 Å². The Morgan fingerprint density at radius 1 is 1.00 bits per heavy atom. The number of rotatable bonds is 8. The van der Waals surface area contributed by atoms with Crippen LogP contribution in [-0.2, 0) is 14.8 Å². The van der Waals surface area contributed by atoms with Crippen molar-refractivity contribution in [2.24, 2.45) is 0 Å². The van der Waals surface area contributed by atoms with Crippen molar-refractivity contribution in [3.63, 3.8) is 0 Å². The summed E-state index contributed by atoms with van der Waals surface area (Å²) in [7, 11) is -2.32. The minimum atomic E-state index is -3.81. The molecule has 7 nitrogen and oxygen atoms in total. The van der Waals surface area contributed by atoms with E-state index in [0.717, 1.165) is 0 Å². The zero-order valence-corrected chi connectivity index (χ0v) is 17.7. The van der Waals surface area contributed by atoms with Gasteiger partial charge in [-0.3, -0.25) is 9.52 Å². The third-order valence-corrected chi connectivity index (χ3v) is 5.70. The van der Waals surface area contributed by atoms with Crippen molar-refractivity contribution in [3.8, 4) is 11.5 Å². The summed E-state index contributed by atoms with van der Waals surface area (Å²) in [5, 5.41) is 2.57. The molecule has 0 aliphatic heterocycles. The van der Waals surface area contributed by atoms with Crippen LogP contribution in [0, 0.1) is 12.7 Å². The molecule has 0 radical (unpaired) electrons. The lowest BCUT2D eigenvalue weighted by atomic mass is 10.2. The first-order chi connectivity index (χ1) is 14.8. The fourth-order valence-electron chi connectivity index (χ4n) is 2.68. The van der Waals surface area contributed by atoms with E-state index in [2.05, 4.69) is 10.0 Å². The van der Waals surface area contributed by atoms with Crippen molar-refractivity contribution in [1.29, 1.82) is 0 Å². The molecule has 0 unspecified atom stereocenters. The molecule has 31 heavy (non-hydrogen) atoms. The van der Waals surface area contributed by atoms with Crippen LogP contribution < -0.4 is 19.5 Å². The fraction of sp³-hybridized carbons (Fsp3) is 0.136. The quantitative estimate of drug-likeness (QED) is 0.549. The maximum Gasteiger partial charge on any atom is 0.262 e. The van der Waals surface area contributed by atoms with Gasteiger partial charge in [-0.2, -0.15) is 0 Å². The Balaban J connectivity index is 1.60. The summed E-state index contributed by atoms with van der Waals surface area (Å²) in [6, 6.07) is 16.3. The fourth-order valence-corrected chi connectivity index (χ4v) is 3.73.